The number of amides is 1. The molecule has 2 saturated carbocycles. The van der Waals surface area contributed by atoms with E-state index >= 15 is 4.79 Å². The zero-order valence-corrected chi connectivity index (χ0v) is 39.2. The second kappa shape index (κ2) is 22.3. The molecule has 0 unspecified atom stereocenters. The van der Waals surface area contributed by atoms with Crippen molar-refractivity contribution in [2.45, 2.75) is 120 Å². The molecule has 2 fully saturated rings. The number of nitrogens with zero attached hydrogens (tertiary/aromatic N) is 2. The summed E-state index contributed by atoms with van der Waals surface area (Å²) in [4.78, 5) is 24.6. The number of thioether (sulfide) groups is 1. The van der Waals surface area contributed by atoms with E-state index < -0.39 is 17.7 Å². The Morgan fingerprint density at radius 1 is 0.938 bits per heavy atom. The normalized spacial score (nSPS) is 24.2. The third-order valence-corrected chi connectivity index (χ3v) is 15.1. The van der Waals surface area contributed by atoms with E-state index in [1.807, 2.05) is 31.2 Å². The van der Waals surface area contributed by atoms with E-state index in [-0.39, 0.29) is 43.5 Å². The average Bonchev–Trinajstić information content (AvgIpc) is 3.87. The van der Waals surface area contributed by atoms with Gasteiger partial charge in [-0.25, -0.2) is 0 Å². The van der Waals surface area contributed by atoms with Gasteiger partial charge in [0.25, 0.3) is 0 Å². The molecule has 0 spiro atoms. The molecule has 0 aromatic heterocycles. The number of aliphatic hydroxyl groups excluding tert-OH is 2. The van der Waals surface area contributed by atoms with Crippen molar-refractivity contribution in [3.63, 3.8) is 0 Å². The van der Waals surface area contributed by atoms with Crippen LogP contribution in [0.3, 0.4) is 0 Å². The third kappa shape index (κ3) is 10.4. The average molecular weight is 901 g/mol. The van der Waals surface area contributed by atoms with Gasteiger partial charge in [-0.3, -0.25) is 4.79 Å². The summed E-state index contributed by atoms with van der Waals surface area (Å²) >= 11 is 1.69. The molecule has 2 N–H and O–H groups in total. The largest absolute Gasteiger partial charge is 0.459 e. The van der Waals surface area contributed by atoms with Crippen molar-refractivity contribution in [2.75, 3.05) is 32.7 Å². The molecule has 0 bridgehead atoms. The zero-order chi connectivity index (χ0) is 45.2. The van der Waals surface area contributed by atoms with Crippen molar-refractivity contribution in [3.8, 4) is 17.2 Å². The number of ether oxygens (including phenoxy) is 3. The molecule has 0 radical (unpaired) electrons. The lowest BCUT2D eigenvalue weighted by atomic mass is 9.55. The molecular weight excluding hydrogens is 833 g/mol. The standard InChI is InChI=1S/C55H68N2O7S/c1-4-33-61-55-51(57(52(60)30-23-38-15-6-7-16-38)37-41-20-14-19-39-17-8-9-21-45(39)41)36-49(56-62-5-2)47-34-40(18-10-12-31-58)46(22-11-13-32-59)53(54(47)55)48-35-43(26-29-50(48)64-55)63-42-24-27-44(65-3)28-25-42/h4,8-9,14,17,19-21,24-29,34-35,38,40,46,51,53-54,58-59H,1,5-7,10-13,15-16,18,22-23,30-33,36-37H2,2-3H3/t40-,46+,51-,53+,54+,55+/m0/s1. The second-order valence-electron chi connectivity index (χ2n) is 18.3. The number of hydrogen-bond donors (Lipinski definition) is 2. The van der Waals surface area contributed by atoms with Crippen LogP contribution in [0, 0.1) is 23.7 Å². The van der Waals surface area contributed by atoms with Crippen LogP contribution >= 0.6 is 11.8 Å². The topological polar surface area (TPSA) is 110 Å². The minimum absolute atomic E-state index is 0.0824. The lowest BCUT2D eigenvalue weighted by Gasteiger charge is -2.60. The first-order chi connectivity index (χ1) is 31.9. The molecule has 65 heavy (non-hydrogen) atoms. The predicted molar refractivity (Wildman–Crippen MR) is 261 cm³/mol. The fourth-order valence-corrected chi connectivity index (χ4v) is 11.8. The molecule has 0 saturated heterocycles. The Morgan fingerprint density at radius 3 is 2.45 bits per heavy atom. The van der Waals surface area contributed by atoms with Gasteiger partial charge in [-0.05, 0) is 127 Å². The lowest BCUT2D eigenvalue weighted by Crippen LogP contribution is -2.70. The molecule has 9 nitrogen and oxygen atoms in total. The predicted octanol–water partition coefficient (Wildman–Crippen LogP) is 12.0. The number of hydrogen-bond acceptors (Lipinski definition) is 9. The van der Waals surface area contributed by atoms with Crippen molar-refractivity contribution in [2.24, 2.45) is 28.8 Å². The summed E-state index contributed by atoms with van der Waals surface area (Å²) in [6, 6.07) is 28.5. The van der Waals surface area contributed by atoms with E-state index in [4.69, 9.17) is 24.2 Å². The van der Waals surface area contributed by atoms with Crippen molar-refractivity contribution in [1.29, 1.82) is 0 Å². The highest BCUT2D eigenvalue weighted by atomic mass is 32.2. The SMILES string of the molecule is C=CCO[C@@]12Oc3ccc(Oc4ccc(SC)cc4)cc3[C@H]3[C@H](CCCCO)[C@@H](CCCCO)C=C(C(=NOCC)C[C@@H]1N(Cc1cccc4ccccc14)C(=O)CCC1CCCC1)[C@H]32. The van der Waals surface area contributed by atoms with Gasteiger partial charge in [0.15, 0.2) is 0 Å². The summed E-state index contributed by atoms with van der Waals surface area (Å²) in [6.07, 6.45) is 17.5. The summed E-state index contributed by atoms with van der Waals surface area (Å²) in [5, 5.41) is 27.2. The summed E-state index contributed by atoms with van der Waals surface area (Å²) in [5.41, 5.74) is 3.94. The summed E-state index contributed by atoms with van der Waals surface area (Å²) in [6.45, 7) is 7.32. The van der Waals surface area contributed by atoms with Crippen LogP contribution in [-0.4, -0.2) is 71.2 Å². The number of allylic oxidation sites excluding steroid dienone is 1. The molecule has 10 heteroatoms. The Kier molecular flexibility index (Phi) is 16.1. The van der Waals surface area contributed by atoms with Crippen molar-refractivity contribution in [1.82, 2.24) is 4.90 Å². The van der Waals surface area contributed by atoms with Crippen LogP contribution in [0.25, 0.3) is 10.8 Å². The Balaban J connectivity index is 1.32. The first kappa shape index (κ1) is 46.9. The quantitative estimate of drug-likeness (QED) is 0.0347. The van der Waals surface area contributed by atoms with Crippen LogP contribution in [0.2, 0.25) is 0 Å². The minimum Gasteiger partial charge on any atom is -0.459 e. The van der Waals surface area contributed by atoms with Crippen LogP contribution in [0.15, 0.2) is 119 Å². The molecule has 4 aromatic rings. The van der Waals surface area contributed by atoms with E-state index in [1.54, 1.807) is 17.8 Å². The van der Waals surface area contributed by atoms with Gasteiger partial charge in [0, 0.05) is 49.0 Å². The maximum Gasteiger partial charge on any atom is 0.239 e. The number of oxime groups is 1. The molecule has 8 rings (SSSR count). The maximum atomic E-state index is 15.4. The Bertz CT molecular complexity index is 2280. The van der Waals surface area contributed by atoms with E-state index in [9.17, 15) is 10.2 Å². The summed E-state index contributed by atoms with van der Waals surface area (Å²) in [7, 11) is 0. The fraction of sp³-hybridized carbons (Fsp3) is 0.491. The monoisotopic (exact) mass is 900 g/mol. The number of aliphatic hydroxyl groups is 2. The second-order valence-corrected chi connectivity index (χ2v) is 19.2. The van der Waals surface area contributed by atoms with Crippen molar-refractivity contribution in [3.05, 3.63) is 120 Å². The molecule has 3 aliphatic carbocycles. The smallest absolute Gasteiger partial charge is 0.239 e. The molecule has 1 heterocycles. The maximum absolute atomic E-state index is 15.4. The molecule has 6 atom stereocenters. The van der Waals surface area contributed by atoms with Gasteiger partial charge < -0.3 is 34.2 Å². The van der Waals surface area contributed by atoms with Crippen LogP contribution in [0.4, 0.5) is 0 Å². The number of carbonyl (C=O) groups excluding carboxylic acids is 1. The van der Waals surface area contributed by atoms with E-state index in [0.29, 0.717) is 56.3 Å². The van der Waals surface area contributed by atoms with E-state index in [2.05, 4.69) is 84.5 Å². The van der Waals surface area contributed by atoms with E-state index in [0.717, 1.165) is 75.9 Å². The molecule has 1 amide bonds. The highest BCUT2D eigenvalue weighted by molar-refractivity contribution is 7.98. The van der Waals surface area contributed by atoms with E-state index in [1.165, 1.54) is 25.7 Å². The van der Waals surface area contributed by atoms with Gasteiger partial charge >= 0.3 is 0 Å². The van der Waals surface area contributed by atoms with Crippen LogP contribution < -0.4 is 9.47 Å². The minimum atomic E-state index is -1.34. The van der Waals surface area contributed by atoms with Crippen molar-refractivity contribution < 1.29 is 34.1 Å². The fourth-order valence-electron chi connectivity index (χ4n) is 11.4. The highest BCUT2D eigenvalue weighted by Gasteiger charge is 2.65. The Labute approximate surface area is 390 Å². The van der Waals surface area contributed by atoms with Gasteiger partial charge in [0.2, 0.25) is 11.7 Å². The number of carbonyl (C=O) groups is 1. The number of rotatable bonds is 22. The lowest BCUT2D eigenvalue weighted by molar-refractivity contribution is -0.258. The first-order valence-electron chi connectivity index (χ1n) is 24.2. The van der Waals surface area contributed by atoms with Crippen molar-refractivity contribution >= 4 is 34.2 Å². The summed E-state index contributed by atoms with van der Waals surface area (Å²) < 4.78 is 21.5. The molecule has 4 aliphatic rings. The number of unbranched alkanes of at least 4 members (excludes halogenated alkanes) is 2. The Morgan fingerprint density at radius 2 is 1.69 bits per heavy atom. The van der Waals surface area contributed by atoms with Gasteiger partial charge in [0.1, 0.15) is 29.9 Å². The first-order valence-corrected chi connectivity index (χ1v) is 25.4. The van der Waals surface area contributed by atoms with Gasteiger partial charge in [-0.2, -0.15) is 0 Å². The molecular formula is C55H68N2O7S. The van der Waals surface area contributed by atoms with Gasteiger partial charge in [0.05, 0.1) is 18.2 Å². The molecule has 346 valence electrons. The molecule has 1 aliphatic heterocycles. The molecule has 4 aromatic carbocycles. The van der Waals surface area contributed by atoms with Crippen LogP contribution in [0.1, 0.15) is 107 Å². The van der Waals surface area contributed by atoms with Gasteiger partial charge in [-0.15, -0.1) is 18.3 Å². The summed E-state index contributed by atoms with van der Waals surface area (Å²) in [5.74, 6) is 1.16. The number of benzene rings is 4. The van der Waals surface area contributed by atoms with Crippen LogP contribution in [0.5, 0.6) is 17.2 Å². The van der Waals surface area contributed by atoms with Gasteiger partial charge in [-0.1, -0.05) is 98.3 Å². The highest BCUT2D eigenvalue weighted by Crippen LogP contribution is 2.62. The Hall–Kier alpha value is -4.61. The zero-order valence-electron chi connectivity index (χ0n) is 38.4. The number of fused-ring (bicyclic) bond motifs is 3. The third-order valence-electron chi connectivity index (χ3n) is 14.4. The van der Waals surface area contributed by atoms with Crippen LogP contribution in [-0.2, 0) is 20.9 Å².